The Kier molecular flexibility index (Phi) is 5.96. The molecule has 6 heteroatoms. The summed E-state index contributed by atoms with van der Waals surface area (Å²) in [5, 5.41) is 13.5. The Morgan fingerprint density at radius 3 is 2.79 bits per heavy atom. The van der Waals surface area contributed by atoms with Gasteiger partial charge < -0.3 is 14.6 Å². The van der Waals surface area contributed by atoms with Crippen LogP contribution in [0.2, 0.25) is 0 Å². The third-order valence-electron chi connectivity index (χ3n) is 3.09. The molecule has 0 bridgehead atoms. The maximum Gasteiger partial charge on any atom is 0.271 e. The number of hydrogen-bond donors (Lipinski definition) is 2. The quantitative estimate of drug-likeness (QED) is 0.466. The van der Waals surface area contributed by atoms with Gasteiger partial charge in [0.2, 0.25) is 0 Å². The van der Waals surface area contributed by atoms with E-state index in [2.05, 4.69) is 17.1 Å². The minimum atomic E-state index is -0.407. The monoisotopic (exact) mass is 326 g/mol. The lowest BCUT2D eigenvalue weighted by atomic mass is 10.2. The number of hydrogen-bond acceptors (Lipinski definition) is 5. The zero-order chi connectivity index (χ0) is 17.4. The molecule has 0 aliphatic heterocycles. The van der Waals surface area contributed by atoms with E-state index in [1.54, 1.807) is 42.5 Å². The first-order chi connectivity index (χ1) is 11.7. The van der Waals surface area contributed by atoms with E-state index in [4.69, 9.17) is 9.47 Å². The summed E-state index contributed by atoms with van der Waals surface area (Å²) in [6.07, 6.45) is 2.99. The van der Waals surface area contributed by atoms with Crippen molar-refractivity contribution in [1.82, 2.24) is 5.43 Å². The molecule has 0 saturated carbocycles. The van der Waals surface area contributed by atoms with Gasteiger partial charge in [-0.1, -0.05) is 24.8 Å². The fourth-order valence-electron chi connectivity index (χ4n) is 1.90. The van der Waals surface area contributed by atoms with Crippen molar-refractivity contribution in [2.45, 2.75) is 0 Å². The summed E-state index contributed by atoms with van der Waals surface area (Å²) in [6.45, 7) is 3.92. The van der Waals surface area contributed by atoms with Crippen molar-refractivity contribution in [2.24, 2.45) is 5.10 Å². The minimum Gasteiger partial charge on any atom is -0.507 e. The number of aromatic hydroxyl groups is 1. The normalized spacial score (nSPS) is 10.4. The number of carbonyl (C=O) groups is 1. The van der Waals surface area contributed by atoms with Gasteiger partial charge in [-0.3, -0.25) is 4.79 Å². The largest absolute Gasteiger partial charge is 0.507 e. The van der Waals surface area contributed by atoms with Gasteiger partial charge in [0, 0.05) is 11.1 Å². The second kappa shape index (κ2) is 8.38. The van der Waals surface area contributed by atoms with Crippen molar-refractivity contribution in [3.05, 3.63) is 66.2 Å². The number of methoxy groups -OCH3 is 1. The highest BCUT2D eigenvalue weighted by Crippen LogP contribution is 2.28. The van der Waals surface area contributed by atoms with E-state index in [1.807, 2.05) is 0 Å². The molecule has 0 aliphatic rings. The number of para-hydroxylation sites is 1. The maximum atomic E-state index is 12.1. The van der Waals surface area contributed by atoms with Crippen LogP contribution in [0.3, 0.4) is 0 Å². The lowest BCUT2D eigenvalue weighted by Gasteiger charge is -2.10. The van der Waals surface area contributed by atoms with Crippen LogP contribution in [0, 0.1) is 0 Å². The highest BCUT2D eigenvalue weighted by atomic mass is 16.5. The maximum absolute atomic E-state index is 12.1. The van der Waals surface area contributed by atoms with Gasteiger partial charge in [-0.25, -0.2) is 5.43 Å². The number of hydrazone groups is 1. The number of ether oxygens (including phenoxy) is 2. The number of rotatable bonds is 7. The van der Waals surface area contributed by atoms with E-state index in [1.165, 1.54) is 19.4 Å². The Morgan fingerprint density at radius 2 is 2.08 bits per heavy atom. The van der Waals surface area contributed by atoms with Crippen molar-refractivity contribution in [3.8, 4) is 17.2 Å². The number of nitrogens with one attached hydrogen (secondary N) is 1. The molecule has 124 valence electrons. The van der Waals surface area contributed by atoms with Crippen molar-refractivity contribution >= 4 is 12.1 Å². The molecule has 0 fully saturated rings. The number of carbonyl (C=O) groups excluding carboxylic acids is 1. The number of amides is 1. The Balaban J connectivity index is 2.07. The molecule has 2 aromatic carbocycles. The molecule has 1 amide bonds. The van der Waals surface area contributed by atoms with Crippen LogP contribution in [0.1, 0.15) is 15.9 Å². The summed E-state index contributed by atoms with van der Waals surface area (Å²) in [5.41, 5.74) is 3.27. The third-order valence-corrected chi connectivity index (χ3v) is 3.09. The van der Waals surface area contributed by atoms with Crippen LogP contribution in [0.25, 0.3) is 0 Å². The summed E-state index contributed by atoms with van der Waals surface area (Å²) >= 11 is 0. The number of phenols is 1. The molecule has 2 aromatic rings. The smallest absolute Gasteiger partial charge is 0.271 e. The zero-order valence-corrected chi connectivity index (χ0v) is 13.2. The predicted molar refractivity (Wildman–Crippen MR) is 91.9 cm³/mol. The Hall–Kier alpha value is -3.28. The van der Waals surface area contributed by atoms with Gasteiger partial charge in [0.25, 0.3) is 5.91 Å². The topological polar surface area (TPSA) is 80.2 Å². The van der Waals surface area contributed by atoms with Gasteiger partial charge in [-0.15, -0.1) is 0 Å². The third kappa shape index (κ3) is 4.36. The van der Waals surface area contributed by atoms with Crippen molar-refractivity contribution in [1.29, 1.82) is 0 Å². The molecule has 0 atom stereocenters. The van der Waals surface area contributed by atoms with E-state index in [0.29, 0.717) is 29.2 Å². The fraction of sp³-hybridized carbons (Fsp3) is 0.111. The molecule has 0 aromatic heterocycles. The first-order valence-corrected chi connectivity index (χ1v) is 7.19. The molecule has 0 unspecified atom stereocenters. The van der Waals surface area contributed by atoms with Crippen LogP contribution in [0.5, 0.6) is 17.2 Å². The summed E-state index contributed by atoms with van der Waals surface area (Å²) in [5.74, 6) is 0.636. The van der Waals surface area contributed by atoms with Gasteiger partial charge in [-0.05, 0) is 30.3 Å². The lowest BCUT2D eigenvalue weighted by Crippen LogP contribution is -2.17. The van der Waals surface area contributed by atoms with Gasteiger partial charge >= 0.3 is 0 Å². The van der Waals surface area contributed by atoms with Crippen LogP contribution in [0.4, 0.5) is 0 Å². The molecule has 0 saturated heterocycles. The van der Waals surface area contributed by atoms with Crippen LogP contribution in [-0.2, 0) is 0 Å². The fourth-order valence-corrected chi connectivity index (χ4v) is 1.90. The van der Waals surface area contributed by atoms with Crippen LogP contribution in [0.15, 0.2) is 60.2 Å². The van der Waals surface area contributed by atoms with Gasteiger partial charge in [-0.2, -0.15) is 5.10 Å². The van der Waals surface area contributed by atoms with Crippen LogP contribution >= 0.6 is 0 Å². The second-order valence-electron chi connectivity index (χ2n) is 4.72. The van der Waals surface area contributed by atoms with Gasteiger partial charge in [0.05, 0.1) is 13.3 Å². The predicted octanol–water partition coefficient (Wildman–Crippen LogP) is 2.73. The Labute approximate surface area is 140 Å². The molecule has 0 heterocycles. The molecule has 24 heavy (non-hydrogen) atoms. The SMILES string of the molecule is C=CCOc1ccc(C(=O)N/N=C/c2ccccc2O)cc1OC. The molecular formula is C18H18N2O4. The number of nitrogens with zero attached hydrogens (tertiary/aromatic N) is 1. The number of benzene rings is 2. The zero-order valence-electron chi connectivity index (χ0n) is 13.2. The van der Waals surface area contributed by atoms with Crippen LogP contribution < -0.4 is 14.9 Å². The van der Waals surface area contributed by atoms with Crippen molar-refractivity contribution in [2.75, 3.05) is 13.7 Å². The van der Waals surface area contributed by atoms with E-state index in [0.717, 1.165) is 0 Å². The summed E-state index contributed by atoms with van der Waals surface area (Å²) in [4.78, 5) is 12.1. The van der Waals surface area contributed by atoms with E-state index in [-0.39, 0.29) is 5.75 Å². The Bertz CT molecular complexity index is 756. The van der Waals surface area contributed by atoms with E-state index < -0.39 is 5.91 Å². The summed E-state index contributed by atoms with van der Waals surface area (Å²) in [7, 11) is 1.49. The second-order valence-corrected chi connectivity index (χ2v) is 4.72. The lowest BCUT2D eigenvalue weighted by molar-refractivity contribution is 0.0954. The average Bonchev–Trinajstić information content (AvgIpc) is 2.61. The van der Waals surface area contributed by atoms with Crippen molar-refractivity contribution in [3.63, 3.8) is 0 Å². The minimum absolute atomic E-state index is 0.0842. The molecular weight excluding hydrogens is 308 g/mol. The summed E-state index contributed by atoms with van der Waals surface area (Å²) in [6, 6.07) is 11.5. The highest BCUT2D eigenvalue weighted by Gasteiger charge is 2.10. The molecule has 6 nitrogen and oxygen atoms in total. The first kappa shape index (κ1) is 17.1. The van der Waals surface area contributed by atoms with Crippen molar-refractivity contribution < 1.29 is 19.4 Å². The summed E-state index contributed by atoms with van der Waals surface area (Å²) < 4.78 is 10.6. The molecule has 0 spiro atoms. The van der Waals surface area contributed by atoms with E-state index >= 15 is 0 Å². The average molecular weight is 326 g/mol. The van der Waals surface area contributed by atoms with E-state index in [9.17, 15) is 9.90 Å². The molecule has 2 rings (SSSR count). The molecule has 2 N–H and O–H groups in total. The highest BCUT2D eigenvalue weighted by molar-refractivity contribution is 5.95. The van der Waals surface area contributed by atoms with Crippen LogP contribution in [-0.4, -0.2) is 30.9 Å². The van der Waals surface area contributed by atoms with Gasteiger partial charge in [0.15, 0.2) is 11.5 Å². The standard InChI is InChI=1S/C18H18N2O4/c1-3-10-24-16-9-8-13(11-17(16)23-2)18(22)20-19-12-14-6-4-5-7-15(14)21/h3-9,11-12,21H,1,10H2,2H3,(H,20,22)/b19-12+. The number of phenolic OH excluding ortho intramolecular Hbond substituents is 1. The molecule has 0 radical (unpaired) electrons. The first-order valence-electron chi connectivity index (χ1n) is 7.19. The van der Waals surface area contributed by atoms with Gasteiger partial charge in [0.1, 0.15) is 12.4 Å². The Morgan fingerprint density at radius 1 is 1.29 bits per heavy atom. The molecule has 0 aliphatic carbocycles.